The van der Waals surface area contributed by atoms with Gasteiger partial charge in [0.05, 0.1) is 0 Å². The lowest BCUT2D eigenvalue weighted by Crippen LogP contribution is -2.33. The zero-order valence-corrected chi connectivity index (χ0v) is 28.9. The van der Waals surface area contributed by atoms with Gasteiger partial charge in [0.2, 0.25) is 0 Å². The van der Waals surface area contributed by atoms with Gasteiger partial charge in [-0.3, -0.25) is 0 Å². The summed E-state index contributed by atoms with van der Waals surface area (Å²) >= 11 is 0. The summed E-state index contributed by atoms with van der Waals surface area (Å²) in [5.41, 5.74) is 14.1. The minimum absolute atomic E-state index is 0.183. The molecule has 7 aromatic carbocycles. The monoisotopic (exact) mass is 633 g/mol. The second kappa shape index (κ2) is 12.2. The Morgan fingerprint density at radius 2 is 0.776 bits per heavy atom. The third kappa shape index (κ3) is 5.95. The Bertz CT molecular complexity index is 2280. The van der Waals surface area contributed by atoms with Crippen molar-refractivity contribution in [2.75, 3.05) is 4.90 Å². The van der Waals surface area contributed by atoms with Gasteiger partial charge in [-0.25, -0.2) is 0 Å². The molecule has 0 aliphatic heterocycles. The molecule has 1 nitrogen and oxygen atoms in total. The van der Waals surface area contributed by atoms with Crippen molar-refractivity contribution in [2.45, 2.75) is 51.4 Å². The number of nitrogens with zero attached hydrogens (tertiary/aromatic N) is 1. The maximum absolute atomic E-state index is 2.48. The average Bonchev–Trinajstić information content (AvgIpc) is 3.14. The zero-order chi connectivity index (χ0) is 33.6. The molecule has 0 unspecified atom stereocenters. The molecule has 0 fully saturated rings. The zero-order valence-electron chi connectivity index (χ0n) is 28.9. The third-order valence-corrected chi connectivity index (χ3v) is 10.7. The molecule has 0 saturated carbocycles. The summed E-state index contributed by atoms with van der Waals surface area (Å²) in [4.78, 5) is 2.37. The molecular formula is C48H43N. The lowest BCUT2D eigenvalue weighted by atomic mass is 9.63. The van der Waals surface area contributed by atoms with E-state index in [2.05, 4.69) is 196 Å². The third-order valence-electron chi connectivity index (χ3n) is 10.7. The summed E-state index contributed by atoms with van der Waals surface area (Å²) in [5.74, 6) is 0. The molecule has 0 N–H and O–H groups in total. The Morgan fingerprint density at radius 1 is 0.347 bits per heavy atom. The summed E-state index contributed by atoms with van der Waals surface area (Å²) in [7, 11) is 0. The molecule has 0 bridgehead atoms. The van der Waals surface area contributed by atoms with E-state index in [1.165, 1.54) is 68.1 Å². The van der Waals surface area contributed by atoms with Crippen LogP contribution in [-0.2, 0) is 10.8 Å². The van der Waals surface area contributed by atoms with E-state index in [0.29, 0.717) is 0 Å². The van der Waals surface area contributed by atoms with Gasteiger partial charge in [0.1, 0.15) is 0 Å². The summed E-state index contributed by atoms with van der Waals surface area (Å²) in [6, 6.07) is 60.0. The molecule has 0 aromatic heterocycles. The summed E-state index contributed by atoms with van der Waals surface area (Å²) in [6.07, 6.45) is 2.44. The Hall–Kier alpha value is -5.40. The first-order chi connectivity index (χ1) is 23.7. The Morgan fingerprint density at radius 3 is 1.37 bits per heavy atom. The lowest BCUT2D eigenvalue weighted by molar-refractivity contribution is 0.332. The second-order valence-electron chi connectivity index (χ2n) is 14.9. The van der Waals surface area contributed by atoms with Crippen molar-refractivity contribution in [1.29, 1.82) is 0 Å². The number of anilines is 3. The van der Waals surface area contributed by atoms with Gasteiger partial charge in [-0.15, -0.1) is 0 Å². The van der Waals surface area contributed by atoms with E-state index < -0.39 is 0 Å². The highest BCUT2D eigenvalue weighted by Crippen LogP contribution is 2.47. The molecule has 8 rings (SSSR count). The minimum atomic E-state index is 0.183. The number of benzene rings is 7. The molecule has 240 valence electrons. The molecular weight excluding hydrogens is 591 g/mol. The Kier molecular flexibility index (Phi) is 7.72. The topological polar surface area (TPSA) is 3.24 Å². The molecule has 0 saturated heterocycles. The predicted octanol–water partition coefficient (Wildman–Crippen LogP) is 13.7. The van der Waals surface area contributed by atoms with Crippen LogP contribution in [0.5, 0.6) is 0 Å². The van der Waals surface area contributed by atoms with Crippen LogP contribution in [0.15, 0.2) is 164 Å². The number of fused-ring (bicyclic) bond motifs is 2. The van der Waals surface area contributed by atoms with Crippen molar-refractivity contribution in [3.05, 3.63) is 175 Å². The van der Waals surface area contributed by atoms with Crippen LogP contribution in [0.25, 0.3) is 44.2 Å². The Balaban J connectivity index is 1.20. The van der Waals surface area contributed by atoms with Gasteiger partial charge in [0.25, 0.3) is 0 Å². The van der Waals surface area contributed by atoms with Crippen LogP contribution in [-0.4, -0.2) is 0 Å². The van der Waals surface area contributed by atoms with Crippen LogP contribution >= 0.6 is 0 Å². The van der Waals surface area contributed by atoms with Crippen LogP contribution in [0, 0.1) is 0 Å². The van der Waals surface area contributed by atoms with Crippen LogP contribution < -0.4 is 4.90 Å². The van der Waals surface area contributed by atoms with Crippen LogP contribution in [0.1, 0.15) is 51.7 Å². The molecule has 1 aliphatic carbocycles. The van der Waals surface area contributed by atoms with Crippen LogP contribution in [0.3, 0.4) is 0 Å². The van der Waals surface area contributed by atoms with Crippen LogP contribution in [0.2, 0.25) is 0 Å². The van der Waals surface area contributed by atoms with E-state index in [1.54, 1.807) is 0 Å². The van der Waals surface area contributed by atoms with Crippen molar-refractivity contribution in [3.63, 3.8) is 0 Å². The molecule has 7 aromatic rings. The standard InChI is InChI=1S/C48H43N/c1-47(2)26-27-48(3,4)46-33-41-29-39(24-25-40(41)32-45(46)47)38-19-13-23-44(31-38)49(42-20-9-6-10-21-42)43-22-12-18-37(30-43)36-17-11-16-35(28-36)34-14-7-5-8-15-34/h5-25,28-33H,26-27H2,1-4H3. The maximum Gasteiger partial charge on any atom is 0.0467 e. The Labute approximate surface area is 291 Å². The first-order valence-electron chi connectivity index (χ1n) is 17.6. The second-order valence-corrected chi connectivity index (χ2v) is 14.9. The van der Waals surface area contributed by atoms with Crippen molar-refractivity contribution >= 4 is 27.8 Å². The van der Waals surface area contributed by atoms with Gasteiger partial charge in [0, 0.05) is 17.1 Å². The van der Waals surface area contributed by atoms with E-state index in [0.717, 1.165) is 17.1 Å². The van der Waals surface area contributed by atoms with Gasteiger partial charge in [-0.05, 0) is 127 Å². The van der Waals surface area contributed by atoms with Crippen molar-refractivity contribution in [3.8, 4) is 33.4 Å². The predicted molar refractivity (Wildman–Crippen MR) is 210 cm³/mol. The number of rotatable bonds is 6. The van der Waals surface area contributed by atoms with Gasteiger partial charge in [-0.1, -0.05) is 143 Å². The molecule has 0 heterocycles. The van der Waals surface area contributed by atoms with E-state index in [9.17, 15) is 0 Å². The lowest BCUT2D eigenvalue weighted by Gasteiger charge is -2.42. The van der Waals surface area contributed by atoms with Gasteiger partial charge in [-0.2, -0.15) is 0 Å². The fourth-order valence-corrected chi connectivity index (χ4v) is 7.67. The van der Waals surface area contributed by atoms with Crippen LogP contribution in [0.4, 0.5) is 17.1 Å². The van der Waals surface area contributed by atoms with Gasteiger partial charge in [0.15, 0.2) is 0 Å². The van der Waals surface area contributed by atoms with Crippen molar-refractivity contribution < 1.29 is 0 Å². The minimum Gasteiger partial charge on any atom is -0.310 e. The molecule has 49 heavy (non-hydrogen) atoms. The fourth-order valence-electron chi connectivity index (χ4n) is 7.67. The van der Waals surface area contributed by atoms with E-state index in [4.69, 9.17) is 0 Å². The highest BCUT2D eigenvalue weighted by molar-refractivity contribution is 5.90. The maximum atomic E-state index is 2.48. The molecule has 0 radical (unpaired) electrons. The molecule has 0 spiro atoms. The summed E-state index contributed by atoms with van der Waals surface area (Å²) in [5, 5.41) is 2.64. The van der Waals surface area contributed by atoms with Gasteiger partial charge < -0.3 is 4.90 Å². The van der Waals surface area contributed by atoms with E-state index in [1.807, 2.05) is 0 Å². The van der Waals surface area contributed by atoms with Crippen molar-refractivity contribution in [2.24, 2.45) is 0 Å². The smallest absolute Gasteiger partial charge is 0.0467 e. The normalized spacial score (nSPS) is 14.7. The number of para-hydroxylation sites is 1. The summed E-state index contributed by atoms with van der Waals surface area (Å²) in [6.45, 7) is 9.63. The van der Waals surface area contributed by atoms with Crippen molar-refractivity contribution in [1.82, 2.24) is 0 Å². The largest absolute Gasteiger partial charge is 0.310 e. The van der Waals surface area contributed by atoms with Gasteiger partial charge >= 0.3 is 0 Å². The summed E-state index contributed by atoms with van der Waals surface area (Å²) < 4.78 is 0. The SMILES string of the molecule is CC1(C)CCC(C)(C)c2cc3cc(-c4cccc(N(c5ccccc5)c5cccc(-c6cccc(-c7ccccc7)c6)c5)c4)ccc3cc21. The molecule has 0 atom stereocenters. The quantitative estimate of drug-likeness (QED) is 0.176. The molecule has 1 aliphatic rings. The first-order valence-corrected chi connectivity index (χ1v) is 17.6. The average molecular weight is 634 g/mol. The number of hydrogen-bond acceptors (Lipinski definition) is 1. The number of hydrogen-bond donors (Lipinski definition) is 0. The highest BCUT2D eigenvalue weighted by Gasteiger charge is 2.37. The fraction of sp³-hybridized carbons (Fsp3) is 0.167. The van der Waals surface area contributed by atoms with E-state index in [-0.39, 0.29) is 10.8 Å². The molecule has 0 amide bonds. The van der Waals surface area contributed by atoms with E-state index >= 15 is 0 Å². The molecule has 1 heteroatoms. The highest BCUT2D eigenvalue weighted by atomic mass is 15.1. The first kappa shape index (κ1) is 30.9.